The van der Waals surface area contributed by atoms with Gasteiger partial charge < -0.3 is 14.5 Å². The average molecular weight is 287 g/mol. The van der Waals surface area contributed by atoms with Gasteiger partial charge in [-0.2, -0.15) is 0 Å². The maximum absolute atomic E-state index is 11.7. The van der Waals surface area contributed by atoms with Crippen molar-refractivity contribution in [3.63, 3.8) is 0 Å². The number of hydrogen-bond donors (Lipinski definition) is 1. The first-order chi connectivity index (χ1) is 10.0. The highest BCUT2D eigenvalue weighted by Gasteiger charge is 2.13. The normalized spacial score (nSPS) is 12.0. The number of benzene rings is 1. The summed E-state index contributed by atoms with van der Waals surface area (Å²) in [5.74, 6) is 1.51. The third-order valence-electron chi connectivity index (χ3n) is 3.30. The topological polar surface area (TPSA) is 51.5 Å². The molecule has 0 fully saturated rings. The minimum absolute atomic E-state index is 0.0971. The van der Waals surface area contributed by atoms with Crippen LogP contribution in [0.1, 0.15) is 47.3 Å². The molecule has 4 heteroatoms. The first-order valence-corrected chi connectivity index (χ1v) is 7.12. The number of ether oxygens (including phenoxy) is 1. The van der Waals surface area contributed by atoms with Gasteiger partial charge in [-0.3, -0.25) is 0 Å². The molecule has 2 rings (SSSR count). The van der Waals surface area contributed by atoms with Gasteiger partial charge in [0.05, 0.1) is 18.2 Å². The van der Waals surface area contributed by atoms with E-state index in [2.05, 4.69) is 12.2 Å². The minimum Gasteiger partial charge on any atom is -0.466 e. The molecule has 1 unspecified atom stereocenters. The van der Waals surface area contributed by atoms with E-state index in [9.17, 15) is 4.79 Å². The van der Waals surface area contributed by atoms with Crippen molar-refractivity contribution in [2.75, 3.05) is 11.9 Å². The predicted molar refractivity (Wildman–Crippen MR) is 82.6 cm³/mol. The third-order valence-corrected chi connectivity index (χ3v) is 3.30. The van der Waals surface area contributed by atoms with E-state index in [0.29, 0.717) is 12.2 Å². The van der Waals surface area contributed by atoms with E-state index >= 15 is 0 Å². The van der Waals surface area contributed by atoms with Gasteiger partial charge in [0, 0.05) is 11.3 Å². The van der Waals surface area contributed by atoms with E-state index in [-0.39, 0.29) is 12.0 Å². The number of carbonyl (C=O) groups excluding carboxylic acids is 1. The molecule has 1 aromatic heterocycles. The van der Waals surface area contributed by atoms with Gasteiger partial charge in [-0.15, -0.1) is 0 Å². The number of hydrogen-bond acceptors (Lipinski definition) is 4. The number of furan rings is 1. The molecule has 1 N–H and O–H groups in total. The number of aryl methyl sites for hydroxylation is 2. The third kappa shape index (κ3) is 3.66. The smallest absolute Gasteiger partial charge is 0.338 e. The first kappa shape index (κ1) is 15.2. The van der Waals surface area contributed by atoms with E-state index in [1.165, 1.54) is 0 Å². The fraction of sp³-hybridized carbons (Fsp3) is 0.353. The SMILES string of the molecule is CCOC(=O)c1cccc(NC(C)c2cc(C)oc2C)c1. The van der Waals surface area contributed by atoms with Crippen LogP contribution in [0, 0.1) is 13.8 Å². The van der Waals surface area contributed by atoms with Crippen molar-refractivity contribution in [1.29, 1.82) is 0 Å². The summed E-state index contributed by atoms with van der Waals surface area (Å²) >= 11 is 0. The molecule has 0 aliphatic heterocycles. The summed E-state index contributed by atoms with van der Waals surface area (Å²) in [6.07, 6.45) is 0. The highest BCUT2D eigenvalue weighted by Crippen LogP contribution is 2.25. The maximum atomic E-state index is 11.7. The zero-order chi connectivity index (χ0) is 15.4. The average Bonchev–Trinajstić information content (AvgIpc) is 2.78. The van der Waals surface area contributed by atoms with Crippen LogP contribution in [0.4, 0.5) is 5.69 Å². The van der Waals surface area contributed by atoms with Crippen LogP contribution >= 0.6 is 0 Å². The molecule has 112 valence electrons. The Morgan fingerprint density at radius 1 is 1.33 bits per heavy atom. The van der Waals surface area contributed by atoms with E-state index < -0.39 is 0 Å². The zero-order valence-corrected chi connectivity index (χ0v) is 12.9. The number of nitrogens with one attached hydrogen (secondary N) is 1. The van der Waals surface area contributed by atoms with Gasteiger partial charge in [0.15, 0.2) is 0 Å². The van der Waals surface area contributed by atoms with Crippen LogP contribution in [0.25, 0.3) is 0 Å². The fourth-order valence-corrected chi connectivity index (χ4v) is 2.36. The van der Waals surface area contributed by atoms with Crippen LogP contribution in [0.2, 0.25) is 0 Å². The summed E-state index contributed by atoms with van der Waals surface area (Å²) in [7, 11) is 0. The Morgan fingerprint density at radius 3 is 2.71 bits per heavy atom. The van der Waals surface area contributed by atoms with Crippen molar-refractivity contribution in [1.82, 2.24) is 0 Å². The van der Waals surface area contributed by atoms with Crippen molar-refractivity contribution in [2.24, 2.45) is 0 Å². The molecule has 0 bridgehead atoms. The number of esters is 1. The fourth-order valence-electron chi connectivity index (χ4n) is 2.36. The molecular weight excluding hydrogens is 266 g/mol. The maximum Gasteiger partial charge on any atom is 0.338 e. The van der Waals surface area contributed by atoms with Crippen molar-refractivity contribution in [3.05, 3.63) is 53.0 Å². The zero-order valence-electron chi connectivity index (χ0n) is 12.9. The van der Waals surface area contributed by atoms with Crippen LogP contribution in [-0.4, -0.2) is 12.6 Å². The summed E-state index contributed by atoms with van der Waals surface area (Å²) in [6.45, 7) is 8.13. The van der Waals surface area contributed by atoms with Crippen molar-refractivity contribution >= 4 is 11.7 Å². The summed E-state index contributed by atoms with van der Waals surface area (Å²) in [5.41, 5.74) is 2.55. The highest BCUT2D eigenvalue weighted by atomic mass is 16.5. The molecule has 1 aromatic carbocycles. The van der Waals surface area contributed by atoms with Crippen LogP contribution in [-0.2, 0) is 4.74 Å². The Balaban J connectivity index is 2.14. The molecule has 1 atom stereocenters. The Labute approximate surface area is 125 Å². The lowest BCUT2D eigenvalue weighted by molar-refractivity contribution is 0.0526. The molecule has 0 amide bonds. The van der Waals surface area contributed by atoms with E-state index in [4.69, 9.17) is 9.15 Å². The molecule has 21 heavy (non-hydrogen) atoms. The lowest BCUT2D eigenvalue weighted by atomic mass is 10.1. The summed E-state index contributed by atoms with van der Waals surface area (Å²) in [4.78, 5) is 11.7. The summed E-state index contributed by atoms with van der Waals surface area (Å²) in [6, 6.07) is 9.45. The van der Waals surface area contributed by atoms with Crippen molar-refractivity contribution in [3.8, 4) is 0 Å². The lowest BCUT2D eigenvalue weighted by Gasteiger charge is -2.15. The van der Waals surface area contributed by atoms with Gasteiger partial charge in [-0.25, -0.2) is 4.79 Å². The Hall–Kier alpha value is -2.23. The Morgan fingerprint density at radius 2 is 2.10 bits per heavy atom. The van der Waals surface area contributed by atoms with E-state index in [0.717, 1.165) is 22.8 Å². The molecule has 0 radical (unpaired) electrons. The van der Waals surface area contributed by atoms with Crippen molar-refractivity contribution < 1.29 is 13.9 Å². The van der Waals surface area contributed by atoms with Crippen LogP contribution in [0.15, 0.2) is 34.7 Å². The number of carbonyl (C=O) groups is 1. The number of anilines is 1. The molecule has 4 nitrogen and oxygen atoms in total. The lowest BCUT2D eigenvalue weighted by Crippen LogP contribution is -2.09. The van der Waals surface area contributed by atoms with Gasteiger partial charge in [0.2, 0.25) is 0 Å². The van der Waals surface area contributed by atoms with E-state index in [1.807, 2.05) is 32.0 Å². The molecule has 2 aromatic rings. The molecule has 0 saturated heterocycles. The van der Waals surface area contributed by atoms with Gasteiger partial charge in [-0.1, -0.05) is 6.07 Å². The van der Waals surface area contributed by atoms with Crippen LogP contribution in [0.5, 0.6) is 0 Å². The van der Waals surface area contributed by atoms with Gasteiger partial charge in [0.1, 0.15) is 11.5 Å². The minimum atomic E-state index is -0.302. The van der Waals surface area contributed by atoms with Crippen LogP contribution in [0.3, 0.4) is 0 Å². The van der Waals surface area contributed by atoms with Gasteiger partial charge >= 0.3 is 5.97 Å². The molecule has 0 saturated carbocycles. The second-order valence-electron chi connectivity index (χ2n) is 5.04. The molecule has 0 aliphatic carbocycles. The highest BCUT2D eigenvalue weighted by molar-refractivity contribution is 5.90. The monoisotopic (exact) mass is 287 g/mol. The van der Waals surface area contributed by atoms with E-state index in [1.54, 1.807) is 19.1 Å². The first-order valence-electron chi connectivity index (χ1n) is 7.12. The Bertz CT molecular complexity index is 631. The standard InChI is InChI=1S/C17H21NO3/c1-5-20-17(19)14-7-6-8-15(10-14)18-12(3)16-9-11(2)21-13(16)4/h6-10,12,18H,5H2,1-4H3. The summed E-state index contributed by atoms with van der Waals surface area (Å²) < 4.78 is 10.6. The van der Waals surface area contributed by atoms with Crippen molar-refractivity contribution in [2.45, 2.75) is 33.7 Å². The quantitative estimate of drug-likeness (QED) is 0.835. The second-order valence-corrected chi connectivity index (χ2v) is 5.04. The molecule has 1 heterocycles. The second kappa shape index (κ2) is 6.48. The summed E-state index contributed by atoms with van der Waals surface area (Å²) in [5, 5.41) is 3.38. The predicted octanol–water partition coefficient (Wildman–Crippen LogP) is 4.25. The van der Waals surface area contributed by atoms with Gasteiger partial charge in [-0.05, 0) is 52.0 Å². The Kier molecular flexibility index (Phi) is 4.68. The molecular formula is C17H21NO3. The largest absolute Gasteiger partial charge is 0.466 e. The molecule has 0 aliphatic rings. The van der Waals surface area contributed by atoms with Crippen LogP contribution < -0.4 is 5.32 Å². The number of rotatable bonds is 5. The molecule has 0 spiro atoms. The van der Waals surface area contributed by atoms with Gasteiger partial charge in [0.25, 0.3) is 0 Å².